The number of hydrogen-bond acceptors (Lipinski definition) is 2. The minimum absolute atomic E-state index is 0.118. The third kappa shape index (κ3) is 1.67. The van der Waals surface area contributed by atoms with Gasteiger partial charge in [-0.05, 0) is 26.4 Å². The van der Waals surface area contributed by atoms with Gasteiger partial charge in [0.05, 0.1) is 0 Å². The topological polar surface area (TPSA) is 20.3 Å². The molecule has 1 saturated heterocycles. The summed E-state index contributed by atoms with van der Waals surface area (Å²) in [6.45, 7) is 8.29. The van der Waals surface area contributed by atoms with E-state index in [0.29, 0.717) is 0 Å². The number of Topliss-reactive ketones (excluding diaryl/α,β-unsaturated/α-hetero) is 1. The van der Waals surface area contributed by atoms with Crippen LogP contribution in [0, 0.1) is 0 Å². The summed E-state index contributed by atoms with van der Waals surface area (Å²) < 4.78 is 0. The number of likely N-dealkylation sites (tertiary alicyclic amines) is 1. The summed E-state index contributed by atoms with van der Waals surface area (Å²) in [7, 11) is 0. The number of hydrogen-bond donors (Lipinski definition) is 0. The van der Waals surface area contributed by atoms with Crippen LogP contribution in [0.1, 0.15) is 13.3 Å². The lowest BCUT2D eigenvalue weighted by molar-refractivity contribution is -0.113. The SMILES string of the molecule is C=C(CN1CCC1)C(C)=O. The first-order chi connectivity index (χ1) is 4.70. The second-order valence-electron chi connectivity index (χ2n) is 2.79. The fourth-order valence-electron chi connectivity index (χ4n) is 0.921. The third-order valence-electron chi connectivity index (χ3n) is 1.86. The van der Waals surface area contributed by atoms with Crippen LogP contribution in [0.25, 0.3) is 0 Å². The summed E-state index contributed by atoms with van der Waals surface area (Å²) in [4.78, 5) is 12.9. The van der Waals surface area contributed by atoms with Crippen LogP contribution in [0.15, 0.2) is 12.2 Å². The van der Waals surface area contributed by atoms with E-state index >= 15 is 0 Å². The Balaban J connectivity index is 2.23. The first-order valence-corrected chi connectivity index (χ1v) is 3.61. The largest absolute Gasteiger partial charge is 0.299 e. The second kappa shape index (κ2) is 2.97. The van der Waals surface area contributed by atoms with Gasteiger partial charge in [0.25, 0.3) is 0 Å². The van der Waals surface area contributed by atoms with E-state index in [4.69, 9.17) is 0 Å². The van der Waals surface area contributed by atoms with Crippen molar-refractivity contribution >= 4 is 5.78 Å². The van der Waals surface area contributed by atoms with Crippen molar-refractivity contribution in [2.24, 2.45) is 0 Å². The van der Waals surface area contributed by atoms with Gasteiger partial charge in [0.2, 0.25) is 0 Å². The van der Waals surface area contributed by atoms with Gasteiger partial charge in [0.1, 0.15) is 0 Å². The Morgan fingerprint density at radius 3 is 2.50 bits per heavy atom. The standard InChI is InChI=1S/C8H13NO/c1-7(8(2)10)6-9-4-3-5-9/h1,3-6H2,2H3. The van der Waals surface area contributed by atoms with Gasteiger partial charge >= 0.3 is 0 Å². The van der Waals surface area contributed by atoms with E-state index < -0.39 is 0 Å². The van der Waals surface area contributed by atoms with Crippen molar-refractivity contribution in [1.82, 2.24) is 4.90 Å². The molecule has 0 aromatic heterocycles. The molecule has 0 atom stereocenters. The molecule has 0 radical (unpaired) electrons. The average molecular weight is 139 g/mol. The smallest absolute Gasteiger partial charge is 0.156 e. The quantitative estimate of drug-likeness (QED) is 0.540. The predicted octanol–water partition coefficient (Wildman–Crippen LogP) is 0.837. The Bertz CT molecular complexity index is 159. The van der Waals surface area contributed by atoms with Gasteiger partial charge in [0.15, 0.2) is 5.78 Å². The zero-order valence-electron chi connectivity index (χ0n) is 6.39. The van der Waals surface area contributed by atoms with Gasteiger partial charge in [-0.15, -0.1) is 0 Å². The van der Waals surface area contributed by atoms with E-state index in [0.717, 1.165) is 25.2 Å². The molecule has 0 aromatic carbocycles. The van der Waals surface area contributed by atoms with Gasteiger partial charge in [-0.3, -0.25) is 9.69 Å². The van der Waals surface area contributed by atoms with Crippen LogP contribution >= 0.6 is 0 Å². The zero-order chi connectivity index (χ0) is 7.56. The molecule has 0 saturated carbocycles. The fraction of sp³-hybridized carbons (Fsp3) is 0.625. The van der Waals surface area contributed by atoms with Gasteiger partial charge in [-0.25, -0.2) is 0 Å². The van der Waals surface area contributed by atoms with E-state index in [1.807, 2.05) is 0 Å². The molecule has 0 bridgehead atoms. The van der Waals surface area contributed by atoms with Crippen LogP contribution in [0.4, 0.5) is 0 Å². The maximum atomic E-state index is 10.7. The fourth-order valence-corrected chi connectivity index (χ4v) is 0.921. The van der Waals surface area contributed by atoms with Crippen LogP contribution in [-0.4, -0.2) is 30.3 Å². The summed E-state index contributed by atoms with van der Waals surface area (Å²) in [6.07, 6.45) is 1.27. The number of ketones is 1. The highest BCUT2D eigenvalue weighted by molar-refractivity contribution is 5.92. The molecule has 1 aliphatic rings. The molecule has 56 valence electrons. The van der Waals surface area contributed by atoms with Crippen LogP contribution in [0.2, 0.25) is 0 Å². The Morgan fingerprint density at radius 1 is 1.60 bits per heavy atom. The summed E-state index contributed by atoms with van der Waals surface area (Å²) in [5.41, 5.74) is 0.736. The van der Waals surface area contributed by atoms with Crippen molar-refractivity contribution in [3.05, 3.63) is 12.2 Å². The molecule has 1 aliphatic heterocycles. The van der Waals surface area contributed by atoms with E-state index in [1.54, 1.807) is 6.92 Å². The Labute approximate surface area is 61.5 Å². The molecule has 1 heterocycles. The molecule has 0 amide bonds. The normalized spacial score (nSPS) is 18.1. The number of rotatable bonds is 3. The molecule has 1 rings (SSSR count). The number of carbonyl (C=O) groups is 1. The predicted molar refractivity (Wildman–Crippen MR) is 40.9 cm³/mol. The zero-order valence-corrected chi connectivity index (χ0v) is 6.39. The minimum atomic E-state index is 0.118. The van der Waals surface area contributed by atoms with Crippen molar-refractivity contribution in [3.8, 4) is 0 Å². The highest BCUT2D eigenvalue weighted by Gasteiger charge is 2.15. The number of nitrogens with zero attached hydrogens (tertiary/aromatic N) is 1. The van der Waals surface area contributed by atoms with Gasteiger partial charge < -0.3 is 0 Å². The van der Waals surface area contributed by atoms with Crippen LogP contribution in [-0.2, 0) is 4.79 Å². The van der Waals surface area contributed by atoms with Gasteiger partial charge in [-0.2, -0.15) is 0 Å². The van der Waals surface area contributed by atoms with Gasteiger partial charge in [-0.1, -0.05) is 6.58 Å². The van der Waals surface area contributed by atoms with Crippen molar-refractivity contribution in [2.75, 3.05) is 19.6 Å². The Morgan fingerprint density at radius 2 is 2.20 bits per heavy atom. The molecule has 0 aromatic rings. The minimum Gasteiger partial charge on any atom is -0.299 e. The van der Waals surface area contributed by atoms with Gasteiger partial charge in [0, 0.05) is 12.1 Å². The lowest BCUT2D eigenvalue weighted by Crippen LogP contribution is -2.38. The molecule has 2 heteroatoms. The Hall–Kier alpha value is -0.630. The molecular formula is C8H13NO. The number of carbonyl (C=O) groups excluding carboxylic acids is 1. The third-order valence-corrected chi connectivity index (χ3v) is 1.86. The monoisotopic (exact) mass is 139 g/mol. The molecule has 0 spiro atoms. The van der Waals surface area contributed by atoms with Crippen molar-refractivity contribution in [3.63, 3.8) is 0 Å². The Kier molecular flexibility index (Phi) is 2.22. The van der Waals surface area contributed by atoms with E-state index in [2.05, 4.69) is 11.5 Å². The van der Waals surface area contributed by atoms with E-state index in [-0.39, 0.29) is 5.78 Å². The average Bonchev–Trinajstić information content (AvgIpc) is 1.77. The van der Waals surface area contributed by atoms with Crippen LogP contribution < -0.4 is 0 Å². The summed E-state index contributed by atoms with van der Waals surface area (Å²) in [5.74, 6) is 0.118. The molecule has 0 unspecified atom stereocenters. The first kappa shape index (κ1) is 7.48. The second-order valence-corrected chi connectivity index (χ2v) is 2.79. The molecule has 10 heavy (non-hydrogen) atoms. The molecular weight excluding hydrogens is 126 g/mol. The lowest BCUT2D eigenvalue weighted by atomic mass is 10.1. The lowest BCUT2D eigenvalue weighted by Gasteiger charge is -2.30. The molecule has 0 N–H and O–H groups in total. The molecule has 2 nitrogen and oxygen atoms in total. The van der Waals surface area contributed by atoms with E-state index in [9.17, 15) is 4.79 Å². The maximum absolute atomic E-state index is 10.7. The summed E-state index contributed by atoms with van der Waals surface area (Å²) in [6, 6.07) is 0. The van der Waals surface area contributed by atoms with Crippen LogP contribution in [0.3, 0.4) is 0 Å². The van der Waals surface area contributed by atoms with Crippen LogP contribution in [0.5, 0.6) is 0 Å². The maximum Gasteiger partial charge on any atom is 0.156 e. The molecule has 1 fully saturated rings. The van der Waals surface area contributed by atoms with E-state index in [1.165, 1.54) is 6.42 Å². The van der Waals surface area contributed by atoms with Crippen molar-refractivity contribution in [1.29, 1.82) is 0 Å². The molecule has 0 aliphatic carbocycles. The van der Waals surface area contributed by atoms with Crippen molar-refractivity contribution < 1.29 is 4.79 Å². The highest BCUT2D eigenvalue weighted by atomic mass is 16.1. The summed E-state index contributed by atoms with van der Waals surface area (Å²) in [5, 5.41) is 0. The first-order valence-electron chi connectivity index (χ1n) is 3.61. The van der Waals surface area contributed by atoms with Crippen molar-refractivity contribution in [2.45, 2.75) is 13.3 Å². The summed E-state index contributed by atoms with van der Waals surface area (Å²) >= 11 is 0. The highest BCUT2D eigenvalue weighted by Crippen LogP contribution is 2.07.